The molecule has 0 radical (unpaired) electrons. The Hall–Kier alpha value is -5.55. The lowest BCUT2D eigenvalue weighted by atomic mass is 9.95. The lowest BCUT2D eigenvalue weighted by Crippen LogP contribution is -2.20. The van der Waals surface area contributed by atoms with Gasteiger partial charge >= 0.3 is 5.69 Å². The van der Waals surface area contributed by atoms with Gasteiger partial charge in [-0.05, 0) is 60.4 Å². The number of nitrogens with one attached hydrogen (secondary N) is 1. The highest BCUT2D eigenvalue weighted by Crippen LogP contribution is 2.43. The van der Waals surface area contributed by atoms with E-state index in [1.54, 1.807) is 31.2 Å². The molecule has 11 nitrogen and oxygen atoms in total. The number of benzene rings is 2. The number of fused-ring (bicyclic) bond motifs is 1. The molecule has 1 aromatic heterocycles. The number of nitro groups is 2. The van der Waals surface area contributed by atoms with Crippen LogP contribution in [0, 0.1) is 49.8 Å². The van der Waals surface area contributed by atoms with E-state index in [1.165, 1.54) is 6.07 Å². The number of non-ortho nitro benzene ring substituents is 1. The molecule has 1 aliphatic rings. The summed E-state index contributed by atoms with van der Waals surface area (Å²) in [6.45, 7) is 3.59. The van der Waals surface area contributed by atoms with Gasteiger partial charge in [-0.1, -0.05) is 12.1 Å². The quantitative estimate of drug-likeness (QED) is 0.400. The van der Waals surface area contributed by atoms with E-state index >= 15 is 0 Å². The van der Waals surface area contributed by atoms with Crippen LogP contribution < -0.4 is 15.5 Å². The second-order valence-corrected chi connectivity index (χ2v) is 7.91. The van der Waals surface area contributed by atoms with Crippen LogP contribution in [-0.4, -0.2) is 9.85 Å². The lowest BCUT2D eigenvalue weighted by molar-refractivity contribution is -0.394. The van der Waals surface area contributed by atoms with Crippen LogP contribution in [0.3, 0.4) is 0 Å². The average molecular weight is 481 g/mol. The van der Waals surface area contributed by atoms with Gasteiger partial charge in [0.1, 0.15) is 29.0 Å². The molecule has 0 saturated carbocycles. The highest BCUT2D eigenvalue weighted by atomic mass is 16.6. The van der Waals surface area contributed by atoms with E-state index in [0.29, 0.717) is 22.4 Å². The minimum absolute atomic E-state index is 0.133. The molecule has 11 heteroatoms. The van der Waals surface area contributed by atoms with Crippen molar-refractivity contribution >= 4 is 34.4 Å². The maximum absolute atomic E-state index is 11.3. The maximum atomic E-state index is 11.3. The van der Waals surface area contributed by atoms with Crippen LogP contribution in [0.1, 0.15) is 34.9 Å². The molecular weight excluding hydrogens is 464 g/mol. The third-order valence-electron chi connectivity index (χ3n) is 5.82. The molecule has 36 heavy (non-hydrogen) atoms. The smallest absolute Gasteiger partial charge is 0.318 e. The van der Waals surface area contributed by atoms with Crippen molar-refractivity contribution in [2.45, 2.75) is 13.8 Å². The molecule has 0 spiro atoms. The molecule has 0 unspecified atom stereocenters. The van der Waals surface area contributed by atoms with Gasteiger partial charge in [-0.2, -0.15) is 10.5 Å². The maximum Gasteiger partial charge on any atom is 0.318 e. The Morgan fingerprint density at radius 3 is 2.31 bits per heavy atom. The number of allylic oxidation sites excluding steroid dienone is 3. The number of aromatic nitrogens is 1. The first-order valence-corrected chi connectivity index (χ1v) is 10.5. The number of anilines is 1. The Morgan fingerprint density at radius 2 is 1.72 bits per heavy atom. The molecule has 3 aromatic rings. The molecule has 0 saturated heterocycles. The van der Waals surface area contributed by atoms with E-state index < -0.39 is 21.2 Å². The van der Waals surface area contributed by atoms with Crippen LogP contribution in [0.25, 0.3) is 17.2 Å². The number of H-pyrrole nitrogens is 1. The topological polar surface area (TPSA) is 183 Å². The molecule has 1 aliphatic carbocycles. The number of nitrogens with zero attached hydrogens (tertiary/aromatic N) is 4. The zero-order valence-electron chi connectivity index (χ0n) is 19.0. The van der Waals surface area contributed by atoms with Crippen molar-refractivity contribution < 1.29 is 19.6 Å². The third kappa shape index (κ3) is 3.97. The summed E-state index contributed by atoms with van der Waals surface area (Å²) in [5.41, 5.74) is 9.93. The van der Waals surface area contributed by atoms with Crippen LogP contribution in [-0.2, 0) is 0 Å². The van der Waals surface area contributed by atoms with Gasteiger partial charge < -0.3 is 4.74 Å². The van der Waals surface area contributed by atoms with Crippen LogP contribution >= 0.6 is 0 Å². The Bertz CT molecular complexity index is 1610. The zero-order chi connectivity index (χ0) is 26.1. The Labute approximate surface area is 204 Å². The monoisotopic (exact) mass is 481 g/mol. The molecule has 2 aromatic carbocycles. The van der Waals surface area contributed by atoms with Gasteiger partial charge in [-0.25, -0.2) is 4.98 Å². The summed E-state index contributed by atoms with van der Waals surface area (Å²) < 4.78 is 5.61. The van der Waals surface area contributed by atoms with Crippen molar-refractivity contribution in [1.82, 2.24) is 0 Å². The Kier molecular flexibility index (Phi) is 5.90. The van der Waals surface area contributed by atoms with Gasteiger partial charge in [0.05, 0.1) is 15.9 Å². The number of nitrogen functional groups attached to an aromatic ring is 1. The molecule has 3 N–H and O–H groups in total. The number of pyridine rings is 1. The molecule has 0 aliphatic heterocycles. The average Bonchev–Trinajstić information content (AvgIpc) is 3.10. The fourth-order valence-electron chi connectivity index (χ4n) is 4.05. The molecule has 0 amide bonds. The van der Waals surface area contributed by atoms with Crippen molar-refractivity contribution in [2.24, 2.45) is 0 Å². The minimum Gasteiger partial charge on any atom is -0.450 e. The predicted molar refractivity (Wildman–Crippen MR) is 129 cm³/mol. The summed E-state index contributed by atoms with van der Waals surface area (Å²) in [7, 11) is 0. The van der Waals surface area contributed by atoms with E-state index in [4.69, 9.17) is 10.5 Å². The molecule has 4 rings (SSSR count). The fourth-order valence-corrected chi connectivity index (χ4v) is 4.05. The van der Waals surface area contributed by atoms with Gasteiger partial charge in [0, 0.05) is 11.6 Å². The predicted octanol–water partition coefficient (Wildman–Crippen LogP) is 4.72. The summed E-state index contributed by atoms with van der Waals surface area (Å²) in [4.78, 5) is 23.8. The molecule has 0 fully saturated rings. The lowest BCUT2D eigenvalue weighted by Gasteiger charge is -2.09. The molecular formula is C25H17N6O5+. The van der Waals surface area contributed by atoms with E-state index in [9.17, 15) is 30.8 Å². The second kappa shape index (κ2) is 9.00. The normalized spacial score (nSPS) is 13.2. The summed E-state index contributed by atoms with van der Waals surface area (Å²) >= 11 is 0. The summed E-state index contributed by atoms with van der Waals surface area (Å²) in [5.74, 6) is 0.346. The van der Waals surface area contributed by atoms with Gasteiger partial charge in [0.25, 0.3) is 11.5 Å². The van der Waals surface area contributed by atoms with E-state index in [2.05, 4.69) is 17.1 Å². The van der Waals surface area contributed by atoms with Crippen molar-refractivity contribution in [3.05, 3.63) is 96.2 Å². The fraction of sp³-hybridized carbons (Fsp3) is 0.0800. The molecule has 0 bridgehead atoms. The Morgan fingerprint density at radius 1 is 1.03 bits per heavy atom. The first-order valence-electron chi connectivity index (χ1n) is 10.5. The molecule has 1 heterocycles. The van der Waals surface area contributed by atoms with Crippen LogP contribution in [0.2, 0.25) is 0 Å². The number of aromatic amines is 1. The van der Waals surface area contributed by atoms with E-state index in [1.807, 2.05) is 13.0 Å². The number of nitriles is 2. The summed E-state index contributed by atoms with van der Waals surface area (Å²) in [6, 6.07) is 14.1. The zero-order valence-corrected chi connectivity index (χ0v) is 19.0. The highest BCUT2D eigenvalue weighted by Gasteiger charge is 2.32. The third-order valence-corrected chi connectivity index (χ3v) is 5.82. The number of hydrogen-bond acceptors (Lipinski definition) is 8. The first-order chi connectivity index (χ1) is 17.2. The SMILES string of the molecule is CC1=C(C#N)c2[nH+]c(N)c(C#N)c(C)c2C1=Cc1ccc(Oc2ccc([N+](=O)[O-])cc2[N+](=O)[O-])cc1. The van der Waals surface area contributed by atoms with Crippen molar-refractivity contribution in [2.75, 3.05) is 5.73 Å². The number of nitro benzene ring substituents is 2. The van der Waals surface area contributed by atoms with Crippen LogP contribution in [0.15, 0.2) is 48.0 Å². The van der Waals surface area contributed by atoms with Crippen molar-refractivity contribution in [3.8, 4) is 23.6 Å². The summed E-state index contributed by atoms with van der Waals surface area (Å²) in [6.07, 6.45) is 1.86. The van der Waals surface area contributed by atoms with Crippen molar-refractivity contribution in [1.29, 1.82) is 10.5 Å². The first kappa shape index (κ1) is 23.6. The largest absolute Gasteiger partial charge is 0.450 e. The van der Waals surface area contributed by atoms with Gasteiger partial charge in [0.2, 0.25) is 5.75 Å². The molecule has 176 valence electrons. The van der Waals surface area contributed by atoms with E-state index in [0.717, 1.165) is 34.4 Å². The van der Waals surface area contributed by atoms with Crippen LogP contribution in [0.5, 0.6) is 11.5 Å². The van der Waals surface area contributed by atoms with Gasteiger partial charge in [-0.15, -0.1) is 0 Å². The standard InChI is InChI=1S/C25H16N6O5/c1-13-18(23-14(2)20(12-27)25(28)29-24(23)19(13)11-26)9-15-3-6-17(7-4-15)36-22-8-5-16(30(32)33)10-21(22)31(34)35/h3-10H,1-2H3,(H2,28,29)/p+1. The van der Waals surface area contributed by atoms with Gasteiger partial charge in [-0.3, -0.25) is 26.0 Å². The van der Waals surface area contributed by atoms with E-state index in [-0.39, 0.29) is 17.3 Å². The van der Waals surface area contributed by atoms with Crippen molar-refractivity contribution in [3.63, 3.8) is 0 Å². The Balaban J connectivity index is 1.71. The number of rotatable bonds is 5. The molecule has 0 atom stereocenters. The highest BCUT2D eigenvalue weighted by molar-refractivity contribution is 6.07. The van der Waals surface area contributed by atoms with Gasteiger partial charge in [0.15, 0.2) is 5.69 Å². The second-order valence-electron chi connectivity index (χ2n) is 7.91. The number of ether oxygens (including phenoxy) is 1. The number of nitrogens with two attached hydrogens (primary N) is 1. The summed E-state index contributed by atoms with van der Waals surface area (Å²) in [5, 5.41) is 41.5. The minimum atomic E-state index is -0.748. The number of hydrogen-bond donors (Lipinski definition) is 1. The van der Waals surface area contributed by atoms with Crippen LogP contribution in [0.4, 0.5) is 17.2 Å².